The Kier molecular flexibility index (Phi) is 4.47. The molecule has 108 valence electrons. The fraction of sp³-hybridized carbons (Fsp3) is 0.235. The highest BCUT2D eigenvalue weighted by molar-refractivity contribution is 6.42. The Morgan fingerprint density at radius 1 is 1.05 bits per heavy atom. The Balaban J connectivity index is 1.86. The van der Waals surface area contributed by atoms with Gasteiger partial charge < -0.3 is 5.32 Å². The van der Waals surface area contributed by atoms with Crippen molar-refractivity contribution in [1.82, 2.24) is 5.32 Å². The lowest BCUT2D eigenvalue weighted by atomic mass is 9.99. The van der Waals surface area contributed by atoms with Crippen LogP contribution in [0.2, 0.25) is 10.0 Å². The summed E-state index contributed by atoms with van der Waals surface area (Å²) in [6, 6.07) is 14.1. The van der Waals surface area contributed by atoms with Gasteiger partial charge in [0.1, 0.15) is 0 Å². The fourth-order valence-electron chi connectivity index (χ4n) is 2.50. The molecule has 0 aliphatic carbocycles. The van der Waals surface area contributed by atoms with Crippen molar-refractivity contribution in [3.8, 4) is 11.1 Å². The number of nitrogens with one attached hydrogen (secondary N) is 1. The first-order valence-electron chi connectivity index (χ1n) is 7.04. The molecule has 0 saturated carbocycles. The highest BCUT2D eigenvalue weighted by atomic mass is 35.5. The summed E-state index contributed by atoms with van der Waals surface area (Å²) < 4.78 is 0. The van der Waals surface area contributed by atoms with Gasteiger partial charge in [-0.15, -0.1) is 0 Å². The Labute approximate surface area is 134 Å². The van der Waals surface area contributed by atoms with Crippen molar-refractivity contribution < 1.29 is 0 Å². The first-order chi connectivity index (χ1) is 10.2. The lowest BCUT2D eigenvalue weighted by molar-refractivity contribution is 0.890. The summed E-state index contributed by atoms with van der Waals surface area (Å²) in [6.45, 7) is 1.71. The smallest absolute Gasteiger partial charge is 0.0966 e. The highest BCUT2D eigenvalue weighted by Crippen LogP contribution is 2.30. The van der Waals surface area contributed by atoms with Crippen LogP contribution in [-0.2, 0) is 6.54 Å². The summed E-state index contributed by atoms with van der Waals surface area (Å²) in [5.41, 5.74) is 3.47. The third-order valence-electron chi connectivity index (χ3n) is 3.61. The van der Waals surface area contributed by atoms with Gasteiger partial charge in [-0.25, -0.2) is 0 Å². The minimum Gasteiger partial charge on any atom is -0.370 e. The molecule has 0 atom stereocenters. The largest absolute Gasteiger partial charge is 0.370 e. The van der Waals surface area contributed by atoms with E-state index in [1.165, 1.54) is 11.1 Å². The van der Waals surface area contributed by atoms with Gasteiger partial charge in [0.25, 0.3) is 0 Å². The third-order valence-corrected chi connectivity index (χ3v) is 4.34. The van der Waals surface area contributed by atoms with E-state index < -0.39 is 0 Å². The average Bonchev–Trinajstić information content (AvgIpc) is 3.02. The van der Waals surface area contributed by atoms with E-state index in [-0.39, 0.29) is 0 Å². The van der Waals surface area contributed by atoms with Crippen LogP contribution >= 0.6 is 23.2 Å². The van der Waals surface area contributed by atoms with Crippen LogP contribution in [0.1, 0.15) is 18.4 Å². The van der Waals surface area contributed by atoms with Crippen LogP contribution in [0.3, 0.4) is 0 Å². The summed E-state index contributed by atoms with van der Waals surface area (Å²) in [5, 5.41) is 4.59. The summed E-state index contributed by atoms with van der Waals surface area (Å²) in [4.78, 5) is 4.45. The van der Waals surface area contributed by atoms with Gasteiger partial charge in [0.2, 0.25) is 0 Å². The maximum atomic E-state index is 6.13. The topological polar surface area (TPSA) is 24.4 Å². The zero-order valence-corrected chi connectivity index (χ0v) is 13.1. The van der Waals surface area contributed by atoms with Crippen molar-refractivity contribution in [2.75, 3.05) is 6.54 Å². The number of hydrogen-bond acceptors (Lipinski definition) is 2. The summed E-state index contributed by atoms with van der Waals surface area (Å²) in [7, 11) is 0. The SMILES string of the molecule is Clc1ccc(-c2ccccc2CNC2=NCCC2)cc1Cl. The van der Waals surface area contributed by atoms with Crippen LogP contribution in [0.15, 0.2) is 47.5 Å². The Hall–Kier alpha value is -1.51. The molecule has 2 aromatic carbocycles. The molecule has 1 aliphatic heterocycles. The van der Waals surface area contributed by atoms with Crippen LogP contribution in [0, 0.1) is 0 Å². The van der Waals surface area contributed by atoms with Gasteiger partial charge in [-0.2, -0.15) is 0 Å². The van der Waals surface area contributed by atoms with E-state index >= 15 is 0 Å². The molecule has 0 fully saturated rings. The van der Waals surface area contributed by atoms with Gasteiger partial charge in [0.15, 0.2) is 0 Å². The monoisotopic (exact) mass is 318 g/mol. The molecule has 0 aromatic heterocycles. The molecule has 0 radical (unpaired) electrons. The van der Waals surface area contributed by atoms with E-state index in [1.807, 2.05) is 24.3 Å². The first-order valence-corrected chi connectivity index (χ1v) is 7.80. The van der Waals surface area contributed by atoms with Gasteiger partial charge in [-0.05, 0) is 35.2 Å². The lowest BCUT2D eigenvalue weighted by Crippen LogP contribution is -2.20. The van der Waals surface area contributed by atoms with Crippen molar-refractivity contribution in [2.45, 2.75) is 19.4 Å². The minimum absolute atomic E-state index is 0.580. The molecule has 0 saturated heterocycles. The van der Waals surface area contributed by atoms with Crippen molar-refractivity contribution in [2.24, 2.45) is 4.99 Å². The molecular formula is C17H16Cl2N2. The van der Waals surface area contributed by atoms with Crippen molar-refractivity contribution in [3.05, 3.63) is 58.1 Å². The fourth-order valence-corrected chi connectivity index (χ4v) is 2.80. The predicted octanol–water partition coefficient (Wildman–Crippen LogP) is 4.94. The van der Waals surface area contributed by atoms with Gasteiger partial charge in [0, 0.05) is 19.5 Å². The van der Waals surface area contributed by atoms with E-state index in [2.05, 4.69) is 28.5 Å². The molecule has 1 aliphatic rings. The second-order valence-electron chi connectivity index (χ2n) is 5.07. The minimum atomic E-state index is 0.580. The van der Waals surface area contributed by atoms with Gasteiger partial charge in [-0.3, -0.25) is 4.99 Å². The van der Waals surface area contributed by atoms with Crippen LogP contribution in [0.4, 0.5) is 0 Å². The number of nitrogens with zero attached hydrogens (tertiary/aromatic N) is 1. The number of benzene rings is 2. The number of aliphatic imine (C=N–C) groups is 1. The quantitative estimate of drug-likeness (QED) is 0.851. The molecule has 3 rings (SSSR count). The molecule has 1 N–H and O–H groups in total. The predicted molar refractivity (Wildman–Crippen MR) is 90.3 cm³/mol. The van der Waals surface area contributed by atoms with E-state index in [4.69, 9.17) is 23.2 Å². The molecule has 0 spiro atoms. The second-order valence-corrected chi connectivity index (χ2v) is 5.89. The van der Waals surface area contributed by atoms with E-state index in [1.54, 1.807) is 0 Å². The standard InChI is InChI=1S/C17H16Cl2N2/c18-15-8-7-12(10-16(15)19)14-5-2-1-4-13(14)11-21-17-6-3-9-20-17/h1-2,4-5,7-8,10H,3,6,9,11H2,(H,20,21). The number of hydrogen-bond donors (Lipinski definition) is 1. The molecule has 0 amide bonds. The van der Waals surface area contributed by atoms with Crippen molar-refractivity contribution in [1.29, 1.82) is 0 Å². The zero-order chi connectivity index (χ0) is 14.7. The van der Waals surface area contributed by atoms with Gasteiger partial charge >= 0.3 is 0 Å². The second kappa shape index (κ2) is 6.50. The highest BCUT2D eigenvalue weighted by Gasteiger charge is 2.09. The van der Waals surface area contributed by atoms with Crippen molar-refractivity contribution >= 4 is 29.0 Å². The molecule has 2 aromatic rings. The van der Waals surface area contributed by atoms with Crippen molar-refractivity contribution in [3.63, 3.8) is 0 Å². The van der Waals surface area contributed by atoms with E-state index in [9.17, 15) is 0 Å². The molecular weight excluding hydrogens is 303 g/mol. The Bertz CT molecular complexity index is 680. The summed E-state index contributed by atoms with van der Waals surface area (Å²) in [6.07, 6.45) is 2.20. The Morgan fingerprint density at radius 2 is 1.90 bits per heavy atom. The van der Waals surface area contributed by atoms with Gasteiger partial charge in [0.05, 0.1) is 15.9 Å². The Morgan fingerprint density at radius 3 is 2.67 bits per heavy atom. The molecule has 1 heterocycles. The van der Waals surface area contributed by atoms with E-state index in [0.29, 0.717) is 10.0 Å². The van der Waals surface area contributed by atoms with Gasteiger partial charge in [-0.1, -0.05) is 53.5 Å². The first kappa shape index (κ1) is 14.4. The molecule has 0 unspecified atom stereocenters. The summed E-state index contributed by atoms with van der Waals surface area (Å²) in [5.74, 6) is 1.11. The van der Waals surface area contributed by atoms with Crippen LogP contribution < -0.4 is 5.32 Å². The van der Waals surface area contributed by atoms with Crippen LogP contribution in [-0.4, -0.2) is 12.4 Å². The lowest BCUT2D eigenvalue weighted by Gasteiger charge is -2.12. The molecule has 4 heteroatoms. The number of amidine groups is 1. The molecule has 0 bridgehead atoms. The van der Waals surface area contributed by atoms with E-state index in [0.717, 1.165) is 37.3 Å². The maximum Gasteiger partial charge on any atom is 0.0966 e. The normalized spacial score (nSPS) is 14.1. The number of rotatable bonds is 3. The molecule has 2 nitrogen and oxygen atoms in total. The molecule has 21 heavy (non-hydrogen) atoms. The van der Waals surface area contributed by atoms with Crippen LogP contribution in [0.5, 0.6) is 0 Å². The third kappa shape index (κ3) is 3.39. The number of halogens is 2. The maximum absolute atomic E-state index is 6.13. The summed E-state index contributed by atoms with van der Waals surface area (Å²) >= 11 is 12.1. The average molecular weight is 319 g/mol. The zero-order valence-electron chi connectivity index (χ0n) is 11.6. The van der Waals surface area contributed by atoms with Crippen LogP contribution in [0.25, 0.3) is 11.1 Å².